The minimum atomic E-state index is -0.491. The van der Waals surface area contributed by atoms with Gasteiger partial charge in [0, 0.05) is 37.8 Å². The van der Waals surface area contributed by atoms with Crippen LogP contribution in [0, 0.1) is 11.6 Å². The lowest BCUT2D eigenvalue weighted by molar-refractivity contribution is 0.0953. The van der Waals surface area contributed by atoms with Crippen molar-refractivity contribution in [3.05, 3.63) is 70.8 Å². The Morgan fingerprint density at radius 2 is 1.81 bits per heavy atom. The first-order valence-corrected chi connectivity index (χ1v) is 8.79. The van der Waals surface area contributed by atoms with Crippen LogP contribution in [0.5, 0.6) is 0 Å². The van der Waals surface area contributed by atoms with Crippen LogP contribution in [0.2, 0.25) is 0 Å². The van der Waals surface area contributed by atoms with E-state index in [9.17, 15) is 13.6 Å². The highest BCUT2D eigenvalue weighted by Gasteiger charge is 2.07. The standard InChI is InChI=1S/C20H24F2N4O/c1-3-9-24-19(27)15-6-4-5-14(10-15)12-25-20(23-2)26-13-16-11-17(21)7-8-18(16)22/h4-8,10-11H,3,9,12-13H2,1-2H3,(H,24,27)(H2,23,25,26). The molecule has 2 aromatic rings. The van der Waals surface area contributed by atoms with Gasteiger partial charge in [0.1, 0.15) is 11.6 Å². The Balaban J connectivity index is 1.92. The first kappa shape index (κ1) is 20.4. The Bertz CT molecular complexity index is 808. The summed E-state index contributed by atoms with van der Waals surface area (Å²) < 4.78 is 26.9. The van der Waals surface area contributed by atoms with Crippen LogP contribution >= 0.6 is 0 Å². The Morgan fingerprint density at radius 3 is 2.56 bits per heavy atom. The van der Waals surface area contributed by atoms with E-state index in [-0.39, 0.29) is 18.0 Å². The normalized spacial score (nSPS) is 11.2. The molecule has 2 rings (SSSR count). The van der Waals surface area contributed by atoms with Gasteiger partial charge in [0.15, 0.2) is 5.96 Å². The summed E-state index contributed by atoms with van der Waals surface area (Å²) in [5.74, 6) is -0.637. The number of hydrogen-bond acceptors (Lipinski definition) is 2. The van der Waals surface area contributed by atoms with Crippen molar-refractivity contribution in [3.63, 3.8) is 0 Å². The minimum Gasteiger partial charge on any atom is -0.352 e. The lowest BCUT2D eigenvalue weighted by Crippen LogP contribution is -2.36. The van der Waals surface area contributed by atoms with Crippen molar-refractivity contribution in [2.24, 2.45) is 4.99 Å². The highest BCUT2D eigenvalue weighted by molar-refractivity contribution is 5.94. The zero-order valence-electron chi connectivity index (χ0n) is 15.5. The van der Waals surface area contributed by atoms with Gasteiger partial charge in [-0.05, 0) is 42.3 Å². The maximum atomic E-state index is 13.7. The monoisotopic (exact) mass is 374 g/mol. The second kappa shape index (κ2) is 10.3. The number of benzene rings is 2. The molecule has 0 fully saturated rings. The highest BCUT2D eigenvalue weighted by atomic mass is 19.1. The van der Waals surface area contributed by atoms with Crippen LogP contribution < -0.4 is 16.0 Å². The Kier molecular flexibility index (Phi) is 7.73. The van der Waals surface area contributed by atoms with E-state index < -0.39 is 11.6 Å². The van der Waals surface area contributed by atoms with Crippen molar-refractivity contribution in [1.82, 2.24) is 16.0 Å². The lowest BCUT2D eigenvalue weighted by Gasteiger charge is -2.13. The van der Waals surface area contributed by atoms with Crippen molar-refractivity contribution >= 4 is 11.9 Å². The van der Waals surface area contributed by atoms with E-state index in [2.05, 4.69) is 20.9 Å². The molecule has 2 aromatic carbocycles. The molecule has 0 saturated carbocycles. The van der Waals surface area contributed by atoms with Crippen molar-refractivity contribution in [2.45, 2.75) is 26.4 Å². The molecule has 0 aromatic heterocycles. The molecular weight excluding hydrogens is 350 g/mol. The van der Waals surface area contributed by atoms with E-state index in [0.717, 1.165) is 30.2 Å². The predicted molar refractivity (Wildman–Crippen MR) is 102 cm³/mol. The number of rotatable bonds is 7. The first-order valence-electron chi connectivity index (χ1n) is 8.79. The van der Waals surface area contributed by atoms with Gasteiger partial charge in [-0.1, -0.05) is 19.1 Å². The SMILES string of the molecule is CCCNC(=O)c1cccc(CNC(=NC)NCc2cc(F)ccc2F)c1. The first-order chi connectivity index (χ1) is 13.0. The number of halogens is 2. The van der Waals surface area contributed by atoms with Crippen molar-refractivity contribution in [3.8, 4) is 0 Å². The molecule has 27 heavy (non-hydrogen) atoms. The van der Waals surface area contributed by atoms with Crippen LogP contribution in [0.15, 0.2) is 47.5 Å². The van der Waals surface area contributed by atoms with E-state index in [0.29, 0.717) is 24.6 Å². The molecule has 0 unspecified atom stereocenters. The molecule has 0 heterocycles. The fraction of sp³-hybridized carbons (Fsp3) is 0.300. The molecule has 0 saturated heterocycles. The number of nitrogens with one attached hydrogen (secondary N) is 3. The number of nitrogens with zero attached hydrogens (tertiary/aromatic N) is 1. The number of carbonyl (C=O) groups is 1. The fourth-order valence-electron chi connectivity index (χ4n) is 2.43. The Morgan fingerprint density at radius 1 is 1.04 bits per heavy atom. The van der Waals surface area contributed by atoms with Crippen LogP contribution in [0.25, 0.3) is 0 Å². The molecular formula is C20H24F2N4O. The van der Waals surface area contributed by atoms with Gasteiger partial charge in [0.25, 0.3) is 5.91 Å². The van der Waals surface area contributed by atoms with Gasteiger partial charge in [0.2, 0.25) is 0 Å². The third kappa shape index (κ3) is 6.36. The quantitative estimate of drug-likeness (QED) is 0.516. The van der Waals surface area contributed by atoms with Gasteiger partial charge in [-0.25, -0.2) is 8.78 Å². The summed E-state index contributed by atoms with van der Waals surface area (Å²) in [6.45, 7) is 3.16. The van der Waals surface area contributed by atoms with Gasteiger partial charge in [-0.3, -0.25) is 9.79 Å². The topological polar surface area (TPSA) is 65.5 Å². The lowest BCUT2D eigenvalue weighted by atomic mass is 10.1. The highest BCUT2D eigenvalue weighted by Crippen LogP contribution is 2.09. The van der Waals surface area contributed by atoms with Crippen LogP contribution in [0.1, 0.15) is 34.8 Å². The molecule has 0 aliphatic heterocycles. The molecule has 3 N–H and O–H groups in total. The van der Waals surface area contributed by atoms with E-state index in [4.69, 9.17) is 0 Å². The summed E-state index contributed by atoms with van der Waals surface area (Å²) in [5, 5.41) is 8.87. The summed E-state index contributed by atoms with van der Waals surface area (Å²) in [6, 6.07) is 10.6. The van der Waals surface area contributed by atoms with Crippen LogP contribution in [-0.4, -0.2) is 25.5 Å². The molecule has 0 aliphatic carbocycles. The van der Waals surface area contributed by atoms with Crippen molar-refractivity contribution < 1.29 is 13.6 Å². The largest absolute Gasteiger partial charge is 0.352 e. The maximum Gasteiger partial charge on any atom is 0.251 e. The smallest absolute Gasteiger partial charge is 0.251 e. The summed E-state index contributed by atoms with van der Waals surface area (Å²) in [7, 11) is 1.59. The summed E-state index contributed by atoms with van der Waals surface area (Å²) in [5.41, 5.74) is 1.71. The average Bonchev–Trinajstić information content (AvgIpc) is 2.68. The van der Waals surface area contributed by atoms with E-state index in [1.807, 2.05) is 19.1 Å². The number of amides is 1. The maximum absolute atomic E-state index is 13.7. The third-order valence-electron chi connectivity index (χ3n) is 3.86. The van der Waals surface area contributed by atoms with Gasteiger partial charge in [-0.15, -0.1) is 0 Å². The summed E-state index contributed by atoms with van der Waals surface area (Å²) in [4.78, 5) is 16.1. The fourth-order valence-corrected chi connectivity index (χ4v) is 2.43. The number of aliphatic imine (C=N–C) groups is 1. The Hall–Kier alpha value is -2.96. The van der Waals surface area contributed by atoms with Gasteiger partial charge in [-0.2, -0.15) is 0 Å². The van der Waals surface area contributed by atoms with Crippen LogP contribution in [0.4, 0.5) is 8.78 Å². The molecule has 5 nitrogen and oxygen atoms in total. The molecule has 0 atom stereocenters. The summed E-state index contributed by atoms with van der Waals surface area (Å²) >= 11 is 0. The number of guanidine groups is 1. The van der Waals surface area contributed by atoms with Crippen LogP contribution in [-0.2, 0) is 13.1 Å². The van der Waals surface area contributed by atoms with E-state index in [1.54, 1.807) is 19.2 Å². The second-order valence-electron chi connectivity index (χ2n) is 5.97. The molecule has 0 radical (unpaired) electrons. The van der Waals surface area contributed by atoms with Gasteiger partial charge in [0.05, 0.1) is 0 Å². The zero-order chi connectivity index (χ0) is 19.6. The van der Waals surface area contributed by atoms with Gasteiger partial charge >= 0.3 is 0 Å². The molecule has 0 bridgehead atoms. The minimum absolute atomic E-state index is 0.0999. The average molecular weight is 374 g/mol. The van der Waals surface area contributed by atoms with Crippen molar-refractivity contribution in [2.75, 3.05) is 13.6 Å². The zero-order valence-corrected chi connectivity index (χ0v) is 15.5. The molecule has 7 heteroatoms. The molecule has 144 valence electrons. The second-order valence-corrected chi connectivity index (χ2v) is 5.97. The van der Waals surface area contributed by atoms with Gasteiger partial charge < -0.3 is 16.0 Å². The Labute approximate surface area is 157 Å². The molecule has 0 spiro atoms. The number of hydrogen-bond donors (Lipinski definition) is 3. The van der Waals surface area contributed by atoms with Crippen LogP contribution in [0.3, 0.4) is 0 Å². The predicted octanol–water partition coefficient (Wildman–Crippen LogP) is 2.97. The van der Waals surface area contributed by atoms with E-state index in [1.165, 1.54) is 0 Å². The van der Waals surface area contributed by atoms with E-state index >= 15 is 0 Å². The molecule has 1 amide bonds. The third-order valence-corrected chi connectivity index (χ3v) is 3.86. The number of carbonyl (C=O) groups excluding carboxylic acids is 1. The van der Waals surface area contributed by atoms with Crippen molar-refractivity contribution in [1.29, 1.82) is 0 Å². The summed E-state index contributed by atoms with van der Waals surface area (Å²) in [6.07, 6.45) is 0.876. The molecule has 0 aliphatic rings.